The van der Waals surface area contributed by atoms with Crippen LogP contribution in [0.1, 0.15) is 63.8 Å². The van der Waals surface area contributed by atoms with E-state index in [-0.39, 0.29) is 13.2 Å². The number of fused-ring (bicyclic) bond motifs is 2. The Morgan fingerprint density at radius 3 is 2.06 bits per heavy atom. The molecule has 8 unspecified atom stereocenters. The van der Waals surface area contributed by atoms with Gasteiger partial charge in [0.05, 0.1) is 19.8 Å². The second-order valence-corrected chi connectivity index (χ2v) is 13.3. The predicted octanol–water partition coefficient (Wildman–Crippen LogP) is -1.06. The molecular formula is C30H36N4O13. The molecule has 2 saturated carbocycles. The second kappa shape index (κ2) is 11.1. The topological polar surface area (TPSA) is 212 Å². The lowest BCUT2D eigenvalue weighted by molar-refractivity contribution is -0.259. The molecule has 6 heterocycles. The van der Waals surface area contributed by atoms with Gasteiger partial charge in [-0.2, -0.15) is 0 Å². The highest BCUT2D eigenvalue weighted by atomic mass is 16.8. The number of rotatable bonds is 8. The van der Waals surface area contributed by atoms with Gasteiger partial charge in [-0.15, -0.1) is 0 Å². The number of nitrogens with zero attached hydrogens (tertiary/aromatic N) is 2. The monoisotopic (exact) mass is 660 g/mol. The molecule has 6 fully saturated rings. The Morgan fingerprint density at radius 1 is 0.830 bits per heavy atom. The van der Waals surface area contributed by atoms with E-state index in [1.807, 2.05) is 0 Å². The van der Waals surface area contributed by atoms with Crippen molar-refractivity contribution < 1.29 is 43.1 Å². The van der Waals surface area contributed by atoms with Gasteiger partial charge in [-0.1, -0.05) is 0 Å². The number of aliphatic hydroxyl groups excluding tert-OH is 1. The summed E-state index contributed by atoms with van der Waals surface area (Å²) in [5, 5.41) is 10.9. The molecular weight excluding hydrogens is 624 g/mol. The van der Waals surface area contributed by atoms with E-state index < -0.39 is 88.8 Å². The molecule has 254 valence electrons. The fraction of sp³-hybridized carbons (Fsp3) is 0.700. The molecule has 3 N–H and O–H groups in total. The number of H-pyrrole nitrogens is 2. The standard InChI is InChI=1S/C30H36N4O13/c35-13-17-21-30(47-29(44-21)9-3-4-10-29,24(42-17)34-12-6-19(38)32-26(34)40)16-41-15-27(14-36)22-20(43-28(45-22)7-1-2-8-28)23(46-27)33-11-5-18(37)31-25(33)39/h5-6,11-13,17,20-24,36H,1-4,7-10,14-16H2,(H,31,37,39)(H,32,38,40). The maximum atomic E-state index is 13.0. The Labute approximate surface area is 265 Å². The van der Waals surface area contributed by atoms with Crippen LogP contribution in [0.2, 0.25) is 0 Å². The summed E-state index contributed by atoms with van der Waals surface area (Å²) in [6.07, 6.45) is 2.82. The summed E-state index contributed by atoms with van der Waals surface area (Å²) in [6, 6.07) is 2.35. The fourth-order valence-electron chi connectivity index (χ4n) is 8.25. The highest BCUT2D eigenvalue weighted by Gasteiger charge is 2.70. The Hall–Kier alpha value is -3.29. The summed E-state index contributed by atoms with van der Waals surface area (Å²) in [7, 11) is 0. The summed E-state index contributed by atoms with van der Waals surface area (Å²) in [5.41, 5.74) is -5.75. The van der Waals surface area contributed by atoms with Crippen LogP contribution in [0.3, 0.4) is 0 Å². The first-order chi connectivity index (χ1) is 22.6. The zero-order valence-corrected chi connectivity index (χ0v) is 25.4. The van der Waals surface area contributed by atoms with Crippen molar-refractivity contribution in [1.29, 1.82) is 0 Å². The van der Waals surface area contributed by atoms with Crippen LogP contribution in [0.15, 0.2) is 43.7 Å². The molecule has 2 aliphatic carbocycles. The SMILES string of the molecule is O=CC1OC(n2ccc(=O)[nH]c2=O)C2(COCC3(CO)OC(n4ccc(=O)[nH]c4=O)C4OC5(CCCC5)OC43)OC3(CCCC3)OC12. The third kappa shape index (κ3) is 4.78. The van der Waals surface area contributed by atoms with Crippen LogP contribution >= 0.6 is 0 Å². The summed E-state index contributed by atoms with van der Waals surface area (Å²) in [4.78, 5) is 66.3. The van der Waals surface area contributed by atoms with Crippen molar-refractivity contribution in [2.45, 2.75) is 111 Å². The lowest BCUT2D eigenvalue weighted by atomic mass is 9.94. The summed E-state index contributed by atoms with van der Waals surface area (Å²) < 4.78 is 47.2. The van der Waals surface area contributed by atoms with Crippen LogP contribution in [0.5, 0.6) is 0 Å². The van der Waals surface area contributed by atoms with Gasteiger partial charge in [0, 0.05) is 50.2 Å². The van der Waals surface area contributed by atoms with Crippen molar-refractivity contribution in [3.8, 4) is 0 Å². The van der Waals surface area contributed by atoms with Crippen molar-refractivity contribution in [2.75, 3.05) is 19.8 Å². The quantitative estimate of drug-likeness (QED) is 0.289. The maximum Gasteiger partial charge on any atom is 0.330 e. The highest BCUT2D eigenvalue weighted by Crippen LogP contribution is 2.56. The number of nitrogens with one attached hydrogen (secondary N) is 2. The van der Waals surface area contributed by atoms with Crippen LogP contribution in [0.4, 0.5) is 0 Å². The number of aromatic nitrogens is 4. The minimum atomic E-state index is -1.54. The normalized spacial score (nSPS) is 38.0. The smallest absolute Gasteiger partial charge is 0.330 e. The average Bonchev–Trinajstić information content (AvgIpc) is 3.89. The zero-order valence-electron chi connectivity index (χ0n) is 25.4. The van der Waals surface area contributed by atoms with Crippen molar-refractivity contribution >= 4 is 6.29 Å². The maximum absolute atomic E-state index is 13.0. The highest BCUT2D eigenvalue weighted by molar-refractivity contribution is 5.59. The van der Waals surface area contributed by atoms with Gasteiger partial charge >= 0.3 is 11.4 Å². The van der Waals surface area contributed by atoms with Crippen LogP contribution in [-0.2, 0) is 38.0 Å². The number of carbonyl (C=O) groups excluding carboxylic acids is 1. The molecule has 6 aliphatic rings. The van der Waals surface area contributed by atoms with E-state index in [9.17, 15) is 29.1 Å². The number of hydrogen-bond donors (Lipinski definition) is 3. The van der Waals surface area contributed by atoms with Gasteiger partial charge in [-0.3, -0.25) is 28.7 Å². The second-order valence-electron chi connectivity index (χ2n) is 13.3. The van der Waals surface area contributed by atoms with Crippen LogP contribution < -0.4 is 22.5 Å². The molecule has 0 bridgehead atoms. The Balaban J connectivity index is 1.13. The summed E-state index contributed by atoms with van der Waals surface area (Å²) >= 11 is 0. The van der Waals surface area contributed by atoms with E-state index in [1.165, 1.54) is 23.0 Å². The molecule has 4 saturated heterocycles. The van der Waals surface area contributed by atoms with Gasteiger partial charge in [0.25, 0.3) is 11.1 Å². The van der Waals surface area contributed by atoms with Crippen LogP contribution in [0, 0.1) is 0 Å². The van der Waals surface area contributed by atoms with Gasteiger partial charge in [0.15, 0.2) is 35.9 Å². The summed E-state index contributed by atoms with van der Waals surface area (Å²) in [6.45, 7) is -1.16. The first-order valence-electron chi connectivity index (χ1n) is 16.0. The average molecular weight is 661 g/mol. The molecule has 0 aromatic carbocycles. The van der Waals surface area contributed by atoms with Gasteiger partial charge < -0.3 is 43.1 Å². The molecule has 8 rings (SSSR count). The van der Waals surface area contributed by atoms with Crippen molar-refractivity contribution in [2.24, 2.45) is 0 Å². The Bertz CT molecular complexity index is 1770. The molecule has 0 amide bonds. The molecule has 17 nitrogen and oxygen atoms in total. The first-order valence-corrected chi connectivity index (χ1v) is 16.0. The lowest BCUT2D eigenvalue weighted by Crippen LogP contribution is -2.54. The molecule has 47 heavy (non-hydrogen) atoms. The van der Waals surface area contributed by atoms with Crippen LogP contribution in [0.25, 0.3) is 0 Å². The number of carbonyl (C=O) groups is 1. The molecule has 17 heteroatoms. The first kappa shape index (κ1) is 31.0. The minimum Gasteiger partial charge on any atom is -0.393 e. The van der Waals surface area contributed by atoms with Gasteiger partial charge in [0.2, 0.25) is 0 Å². The molecule has 4 aliphatic heterocycles. The van der Waals surface area contributed by atoms with Gasteiger partial charge in [-0.25, -0.2) is 9.59 Å². The number of aromatic amines is 2. The predicted molar refractivity (Wildman–Crippen MR) is 154 cm³/mol. The van der Waals surface area contributed by atoms with Crippen LogP contribution in [-0.4, -0.2) is 97.5 Å². The number of ether oxygens (including phenoxy) is 7. The Kier molecular flexibility index (Phi) is 7.34. The third-order valence-electron chi connectivity index (χ3n) is 10.4. The fourth-order valence-corrected chi connectivity index (χ4v) is 8.25. The van der Waals surface area contributed by atoms with E-state index in [2.05, 4.69) is 9.97 Å². The zero-order chi connectivity index (χ0) is 32.6. The van der Waals surface area contributed by atoms with Crippen molar-refractivity contribution in [3.63, 3.8) is 0 Å². The summed E-state index contributed by atoms with van der Waals surface area (Å²) in [5.74, 6) is -1.95. The van der Waals surface area contributed by atoms with E-state index >= 15 is 0 Å². The van der Waals surface area contributed by atoms with E-state index in [1.54, 1.807) is 0 Å². The van der Waals surface area contributed by atoms with E-state index in [4.69, 9.17) is 33.2 Å². The Morgan fingerprint density at radius 2 is 1.45 bits per heavy atom. The molecule has 8 atom stereocenters. The number of hydrogen-bond acceptors (Lipinski definition) is 13. The van der Waals surface area contributed by atoms with E-state index in [0.717, 1.165) is 36.3 Å². The van der Waals surface area contributed by atoms with Crippen molar-refractivity contribution in [3.05, 3.63) is 66.2 Å². The molecule has 0 radical (unpaired) electrons. The van der Waals surface area contributed by atoms with Crippen molar-refractivity contribution in [1.82, 2.24) is 19.1 Å². The minimum absolute atomic E-state index is 0.280. The van der Waals surface area contributed by atoms with Gasteiger partial charge in [0.1, 0.15) is 30.0 Å². The number of aldehydes is 1. The molecule has 2 aromatic heterocycles. The van der Waals surface area contributed by atoms with E-state index in [0.29, 0.717) is 32.0 Å². The largest absolute Gasteiger partial charge is 0.393 e. The van der Waals surface area contributed by atoms with Gasteiger partial charge in [-0.05, 0) is 25.7 Å². The molecule has 2 spiro atoms. The lowest BCUT2D eigenvalue weighted by Gasteiger charge is -2.37. The third-order valence-corrected chi connectivity index (χ3v) is 10.4. The molecule has 2 aromatic rings. The number of aliphatic hydroxyl groups is 1.